The van der Waals surface area contributed by atoms with Crippen molar-refractivity contribution >= 4 is 0 Å². The lowest BCUT2D eigenvalue weighted by atomic mass is 9.99. The Bertz CT molecular complexity index is 178. The van der Waals surface area contributed by atoms with Gasteiger partial charge in [-0.05, 0) is 50.3 Å². The number of hydrogen-bond donors (Lipinski definition) is 0. The molecule has 1 fully saturated rings. The fourth-order valence-corrected chi connectivity index (χ4v) is 1.70. The Hall–Kier alpha value is -0.730. The third-order valence-electron chi connectivity index (χ3n) is 2.67. The van der Waals surface area contributed by atoms with E-state index in [4.69, 9.17) is 5.53 Å². The first kappa shape index (κ1) is 10.4. The van der Waals surface area contributed by atoms with E-state index in [-0.39, 0.29) is 0 Å². The second kappa shape index (κ2) is 5.84. The van der Waals surface area contributed by atoms with E-state index in [0.717, 1.165) is 18.9 Å². The third kappa shape index (κ3) is 4.15. The number of likely N-dealkylation sites (tertiary alicyclic amines) is 1. The van der Waals surface area contributed by atoms with E-state index in [1.807, 2.05) is 0 Å². The molecule has 0 radical (unpaired) electrons. The van der Waals surface area contributed by atoms with E-state index in [0.29, 0.717) is 6.54 Å². The van der Waals surface area contributed by atoms with Crippen molar-refractivity contribution in [2.45, 2.75) is 26.2 Å². The summed E-state index contributed by atoms with van der Waals surface area (Å²) in [4.78, 5) is 5.20. The zero-order valence-electron chi connectivity index (χ0n) is 8.32. The maximum absolute atomic E-state index is 8.08. The summed E-state index contributed by atoms with van der Waals surface area (Å²) in [6.45, 7) is 6.49. The van der Waals surface area contributed by atoms with Crippen molar-refractivity contribution in [2.24, 2.45) is 11.0 Å². The molecule has 1 aliphatic heterocycles. The highest BCUT2D eigenvalue weighted by atomic mass is 15.1. The lowest BCUT2D eigenvalue weighted by molar-refractivity contribution is 0.191. The normalized spacial score (nSPS) is 19.8. The first-order valence-corrected chi connectivity index (χ1v) is 5.06. The van der Waals surface area contributed by atoms with Crippen LogP contribution in [0.5, 0.6) is 0 Å². The molecule has 0 N–H and O–H groups in total. The second-order valence-electron chi connectivity index (χ2n) is 3.83. The Labute approximate surface area is 79.5 Å². The lowest BCUT2D eigenvalue weighted by Crippen LogP contribution is -2.33. The SMILES string of the molecule is CC1CCN(CCCN=[N+]=[N-])CC1. The molecule has 1 rings (SSSR count). The third-order valence-corrected chi connectivity index (χ3v) is 2.67. The van der Waals surface area contributed by atoms with Gasteiger partial charge in [0.1, 0.15) is 0 Å². The van der Waals surface area contributed by atoms with E-state index in [2.05, 4.69) is 21.8 Å². The number of piperidine rings is 1. The minimum atomic E-state index is 0.641. The van der Waals surface area contributed by atoms with Gasteiger partial charge in [0, 0.05) is 11.5 Å². The maximum atomic E-state index is 8.08. The summed E-state index contributed by atoms with van der Waals surface area (Å²) in [5.74, 6) is 0.897. The minimum absolute atomic E-state index is 0.641. The zero-order valence-corrected chi connectivity index (χ0v) is 8.32. The predicted molar refractivity (Wildman–Crippen MR) is 53.5 cm³/mol. The zero-order chi connectivity index (χ0) is 9.52. The molecular weight excluding hydrogens is 164 g/mol. The van der Waals surface area contributed by atoms with Gasteiger partial charge in [-0.2, -0.15) is 0 Å². The fraction of sp³-hybridized carbons (Fsp3) is 1.00. The van der Waals surface area contributed by atoms with Gasteiger partial charge in [-0.1, -0.05) is 12.0 Å². The predicted octanol–water partition coefficient (Wildman–Crippen LogP) is 2.42. The van der Waals surface area contributed by atoms with Crippen LogP contribution >= 0.6 is 0 Å². The van der Waals surface area contributed by atoms with Crippen LogP contribution in [0.15, 0.2) is 5.11 Å². The second-order valence-corrected chi connectivity index (χ2v) is 3.83. The Morgan fingerprint density at radius 2 is 2.15 bits per heavy atom. The van der Waals surface area contributed by atoms with Crippen LogP contribution in [0.3, 0.4) is 0 Å². The van der Waals surface area contributed by atoms with Crippen molar-refractivity contribution in [3.05, 3.63) is 10.4 Å². The molecule has 0 saturated carbocycles. The molecule has 0 atom stereocenters. The van der Waals surface area contributed by atoms with Crippen LogP contribution in [0, 0.1) is 5.92 Å². The molecule has 1 aliphatic rings. The maximum Gasteiger partial charge on any atom is 0.0270 e. The van der Waals surface area contributed by atoms with Crippen LogP contribution < -0.4 is 0 Å². The van der Waals surface area contributed by atoms with E-state index < -0.39 is 0 Å². The van der Waals surface area contributed by atoms with Crippen molar-refractivity contribution < 1.29 is 0 Å². The standard InChI is InChI=1S/C9H18N4/c1-9-3-7-13(8-4-9)6-2-5-11-12-10/h9H,2-8H2,1H3. The molecule has 1 heterocycles. The van der Waals surface area contributed by atoms with Gasteiger partial charge in [0.15, 0.2) is 0 Å². The number of rotatable bonds is 4. The topological polar surface area (TPSA) is 52.0 Å². The molecular formula is C9H18N4. The fourth-order valence-electron chi connectivity index (χ4n) is 1.70. The summed E-state index contributed by atoms with van der Waals surface area (Å²) in [7, 11) is 0. The van der Waals surface area contributed by atoms with E-state index in [9.17, 15) is 0 Å². The molecule has 0 unspecified atom stereocenters. The highest BCUT2D eigenvalue weighted by molar-refractivity contribution is 4.69. The summed E-state index contributed by atoms with van der Waals surface area (Å²) in [5, 5.41) is 3.53. The Morgan fingerprint density at radius 3 is 2.77 bits per heavy atom. The van der Waals surface area contributed by atoms with Crippen molar-refractivity contribution in [3.8, 4) is 0 Å². The van der Waals surface area contributed by atoms with Gasteiger partial charge in [0.05, 0.1) is 0 Å². The summed E-state index contributed by atoms with van der Waals surface area (Å²) in [5.41, 5.74) is 8.08. The highest BCUT2D eigenvalue weighted by Crippen LogP contribution is 2.15. The summed E-state index contributed by atoms with van der Waals surface area (Å²) >= 11 is 0. The monoisotopic (exact) mass is 182 g/mol. The minimum Gasteiger partial charge on any atom is -0.303 e. The first-order valence-electron chi connectivity index (χ1n) is 5.06. The number of hydrogen-bond acceptors (Lipinski definition) is 2. The van der Waals surface area contributed by atoms with Gasteiger partial charge in [0.2, 0.25) is 0 Å². The van der Waals surface area contributed by atoms with Gasteiger partial charge >= 0.3 is 0 Å². The van der Waals surface area contributed by atoms with Crippen molar-refractivity contribution in [1.82, 2.24) is 4.90 Å². The largest absolute Gasteiger partial charge is 0.303 e. The summed E-state index contributed by atoms with van der Waals surface area (Å²) in [6.07, 6.45) is 3.64. The quantitative estimate of drug-likeness (QED) is 0.285. The molecule has 1 saturated heterocycles. The van der Waals surface area contributed by atoms with Crippen LogP contribution in [0.1, 0.15) is 26.2 Å². The van der Waals surface area contributed by atoms with E-state index in [1.54, 1.807) is 0 Å². The van der Waals surface area contributed by atoms with Crippen LogP contribution in [0.2, 0.25) is 0 Å². The molecule has 0 aromatic carbocycles. The molecule has 0 spiro atoms. The van der Waals surface area contributed by atoms with Crippen molar-refractivity contribution in [2.75, 3.05) is 26.2 Å². The molecule has 4 nitrogen and oxygen atoms in total. The number of nitrogens with zero attached hydrogens (tertiary/aromatic N) is 4. The Morgan fingerprint density at radius 1 is 1.46 bits per heavy atom. The molecule has 0 aromatic rings. The van der Waals surface area contributed by atoms with E-state index in [1.165, 1.54) is 25.9 Å². The summed E-state index contributed by atoms with van der Waals surface area (Å²) < 4.78 is 0. The first-order chi connectivity index (χ1) is 6.33. The van der Waals surface area contributed by atoms with Gasteiger partial charge in [0.25, 0.3) is 0 Å². The van der Waals surface area contributed by atoms with E-state index >= 15 is 0 Å². The van der Waals surface area contributed by atoms with Crippen LogP contribution in [0.25, 0.3) is 10.4 Å². The van der Waals surface area contributed by atoms with Crippen LogP contribution in [0.4, 0.5) is 0 Å². The van der Waals surface area contributed by atoms with Gasteiger partial charge in [-0.25, -0.2) is 0 Å². The number of azide groups is 1. The highest BCUT2D eigenvalue weighted by Gasteiger charge is 2.14. The van der Waals surface area contributed by atoms with Gasteiger partial charge in [-0.3, -0.25) is 0 Å². The molecule has 0 aliphatic carbocycles. The van der Waals surface area contributed by atoms with Crippen LogP contribution in [-0.2, 0) is 0 Å². The lowest BCUT2D eigenvalue weighted by Gasteiger charge is -2.29. The van der Waals surface area contributed by atoms with Crippen molar-refractivity contribution in [1.29, 1.82) is 0 Å². The van der Waals surface area contributed by atoms with Crippen molar-refractivity contribution in [3.63, 3.8) is 0 Å². The average Bonchev–Trinajstić information content (AvgIpc) is 2.15. The smallest absolute Gasteiger partial charge is 0.0270 e. The molecule has 0 aromatic heterocycles. The van der Waals surface area contributed by atoms with Gasteiger partial charge in [-0.15, -0.1) is 0 Å². The Kier molecular flexibility index (Phi) is 4.65. The molecule has 4 heteroatoms. The summed E-state index contributed by atoms with van der Waals surface area (Å²) in [6, 6.07) is 0. The molecule has 0 bridgehead atoms. The molecule has 0 amide bonds. The van der Waals surface area contributed by atoms with Gasteiger partial charge < -0.3 is 4.90 Å². The Balaban J connectivity index is 2.05. The average molecular weight is 182 g/mol. The molecule has 74 valence electrons. The molecule has 13 heavy (non-hydrogen) atoms. The van der Waals surface area contributed by atoms with Crippen LogP contribution in [-0.4, -0.2) is 31.1 Å².